The van der Waals surface area contributed by atoms with Gasteiger partial charge in [0, 0.05) is 11.3 Å². The zero-order chi connectivity index (χ0) is 22.9. The Labute approximate surface area is 196 Å². The Balaban J connectivity index is 1.47. The lowest BCUT2D eigenvalue weighted by atomic mass is 10.1. The summed E-state index contributed by atoms with van der Waals surface area (Å²) in [5.74, 6) is 0.549. The van der Waals surface area contributed by atoms with Crippen LogP contribution in [-0.2, 0) is 4.79 Å². The minimum atomic E-state index is -0.273. The van der Waals surface area contributed by atoms with E-state index in [-0.39, 0.29) is 17.6 Å². The molecule has 2 aromatic carbocycles. The van der Waals surface area contributed by atoms with Crippen LogP contribution in [-0.4, -0.2) is 34.4 Å². The molecule has 32 heavy (non-hydrogen) atoms. The van der Waals surface area contributed by atoms with Gasteiger partial charge < -0.3 is 10.1 Å². The van der Waals surface area contributed by atoms with Crippen LogP contribution in [0, 0.1) is 13.8 Å². The van der Waals surface area contributed by atoms with Gasteiger partial charge in [-0.2, -0.15) is 0 Å². The maximum absolute atomic E-state index is 12.4. The molecule has 0 bridgehead atoms. The Morgan fingerprint density at radius 2 is 1.84 bits per heavy atom. The lowest BCUT2D eigenvalue weighted by Crippen LogP contribution is -2.14. The number of amides is 2. The van der Waals surface area contributed by atoms with Crippen LogP contribution in [0.1, 0.15) is 41.3 Å². The summed E-state index contributed by atoms with van der Waals surface area (Å²) in [5, 5.41) is 14.1. The molecule has 3 rings (SSSR count). The van der Waals surface area contributed by atoms with E-state index in [1.165, 1.54) is 23.1 Å². The molecule has 0 aliphatic rings. The number of hydrogen-bond donors (Lipinski definition) is 2. The highest BCUT2D eigenvalue weighted by Crippen LogP contribution is 2.26. The van der Waals surface area contributed by atoms with Gasteiger partial charge in [0.05, 0.1) is 12.4 Å². The molecule has 0 spiro atoms. The monoisotopic (exact) mass is 470 g/mol. The number of ether oxygens (including phenoxy) is 1. The third-order valence-electron chi connectivity index (χ3n) is 4.49. The van der Waals surface area contributed by atoms with Crippen molar-refractivity contribution in [1.82, 2.24) is 10.2 Å². The number of rotatable bonds is 10. The van der Waals surface area contributed by atoms with Gasteiger partial charge in [-0.3, -0.25) is 14.9 Å². The Hall–Kier alpha value is -2.91. The second kappa shape index (κ2) is 11.6. The predicted octanol–water partition coefficient (Wildman–Crippen LogP) is 5.32. The number of thioether (sulfide) groups is 1. The summed E-state index contributed by atoms with van der Waals surface area (Å²) in [5.41, 5.74) is 3.47. The van der Waals surface area contributed by atoms with Crippen molar-refractivity contribution in [3.63, 3.8) is 0 Å². The highest BCUT2D eigenvalue weighted by Gasteiger charge is 2.13. The molecule has 0 aliphatic carbocycles. The van der Waals surface area contributed by atoms with Crippen LogP contribution in [0.2, 0.25) is 0 Å². The van der Waals surface area contributed by atoms with E-state index in [0.717, 1.165) is 35.4 Å². The van der Waals surface area contributed by atoms with Crippen molar-refractivity contribution < 1.29 is 14.3 Å². The molecule has 2 amide bonds. The molecule has 0 aliphatic heterocycles. The summed E-state index contributed by atoms with van der Waals surface area (Å²) in [7, 11) is 0. The Kier molecular flexibility index (Phi) is 8.64. The van der Waals surface area contributed by atoms with E-state index in [9.17, 15) is 9.59 Å². The van der Waals surface area contributed by atoms with E-state index in [0.29, 0.717) is 21.6 Å². The Morgan fingerprint density at radius 1 is 1.06 bits per heavy atom. The van der Waals surface area contributed by atoms with E-state index in [1.807, 2.05) is 32.0 Å². The zero-order valence-corrected chi connectivity index (χ0v) is 19.9. The van der Waals surface area contributed by atoms with Gasteiger partial charge in [-0.25, -0.2) is 0 Å². The van der Waals surface area contributed by atoms with Crippen LogP contribution in [0.4, 0.5) is 10.8 Å². The van der Waals surface area contributed by atoms with E-state index in [4.69, 9.17) is 4.74 Å². The quantitative estimate of drug-likeness (QED) is 0.237. The molecule has 0 atom stereocenters. The average molecular weight is 471 g/mol. The van der Waals surface area contributed by atoms with E-state index >= 15 is 0 Å². The highest BCUT2D eigenvalue weighted by molar-refractivity contribution is 8.01. The molecule has 1 heterocycles. The molecular formula is C23H26N4O3S2. The maximum Gasteiger partial charge on any atom is 0.257 e. The third-order valence-corrected chi connectivity index (χ3v) is 6.46. The summed E-state index contributed by atoms with van der Waals surface area (Å²) in [6.45, 7) is 6.74. The fourth-order valence-electron chi connectivity index (χ4n) is 2.79. The summed E-state index contributed by atoms with van der Waals surface area (Å²) < 4.78 is 6.22. The fourth-order valence-corrected chi connectivity index (χ4v) is 4.34. The third kappa shape index (κ3) is 7.06. The van der Waals surface area contributed by atoms with Gasteiger partial charge in [-0.1, -0.05) is 54.1 Å². The van der Waals surface area contributed by atoms with Gasteiger partial charge in [0.25, 0.3) is 5.91 Å². The molecule has 168 valence electrons. The summed E-state index contributed by atoms with van der Waals surface area (Å²) in [6.07, 6.45) is 2.06. The molecule has 0 saturated heterocycles. The van der Waals surface area contributed by atoms with Crippen molar-refractivity contribution in [2.24, 2.45) is 0 Å². The van der Waals surface area contributed by atoms with Crippen LogP contribution in [0.15, 0.2) is 46.8 Å². The lowest BCUT2D eigenvalue weighted by Gasteiger charge is -2.08. The molecule has 0 unspecified atom stereocenters. The van der Waals surface area contributed by atoms with Crippen molar-refractivity contribution in [3.8, 4) is 5.75 Å². The average Bonchev–Trinajstić information content (AvgIpc) is 3.22. The number of nitrogens with one attached hydrogen (secondary N) is 2. The highest BCUT2D eigenvalue weighted by atomic mass is 32.2. The number of anilines is 2. The molecular weight excluding hydrogens is 444 g/mol. The standard InChI is InChI=1S/C23H26N4O3S2/c1-4-5-12-30-18-9-7-17(8-10-18)21(29)25-22-26-27-23(32-22)31-14-20(28)24-19-11-6-15(2)13-16(19)3/h6-11,13H,4-5,12,14H2,1-3H3,(H,24,28)(H,25,26,29). The number of carbonyl (C=O) groups excluding carboxylic acids is 2. The van der Waals surface area contributed by atoms with Crippen LogP contribution >= 0.6 is 23.1 Å². The van der Waals surface area contributed by atoms with E-state index < -0.39 is 0 Å². The van der Waals surface area contributed by atoms with Gasteiger partial charge >= 0.3 is 0 Å². The van der Waals surface area contributed by atoms with Crippen molar-refractivity contribution in [2.75, 3.05) is 23.0 Å². The fraction of sp³-hybridized carbons (Fsp3) is 0.304. The van der Waals surface area contributed by atoms with Crippen LogP contribution in [0.25, 0.3) is 0 Å². The largest absolute Gasteiger partial charge is 0.494 e. The molecule has 0 radical (unpaired) electrons. The summed E-state index contributed by atoms with van der Waals surface area (Å²) >= 11 is 2.51. The first-order valence-electron chi connectivity index (χ1n) is 10.3. The number of hydrogen-bond acceptors (Lipinski definition) is 7. The number of aromatic nitrogens is 2. The predicted molar refractivity (Wildman–Crippen MR) is 130 cm³/mol. The first-order chi connectivity index (χ1) is 15.4. The van der Waals surface area contributed by atoms with Crippen molar-refractivity contribution in [3.05, 3.63) is 59.2 Å². The molecule has 7 nitrogen and oxygen atoms in total. The number of benzene rings is 2. The normalized spacial score (nSPS) is 10.6. The van der Waals surface area contributed by atoms with Gasteiger partial charge in [-0.15, -0.1) is 10.2 Å². The minimum absolute atomic E-state index is 0.121. The minimum Gasteiger partial charge on any atom is -0.494 e. The maximum atomic E-state index is 12.4. The molecule has 2 N–H and O–H groups in total. The van der Waals surface area contributed by atoms with Gasteiger partial charge in [0.1, 0.15) is 5.75 Å². The van der Waals surface area contributed by atoms with Crippen molar-refractivity contribution in [2.45, 2.75) is 38.0 Å². The summed E-state index contributed by atoms with van der Waals surface area (Å²) in [6, 6.07) is 12.9. The Morgan fingerprint density at radius 3 is 2.56 bits per heavy atom. The zero-order valence-electron chi connectivity index (χ0n) is 18.3. The van der Waals surface area contributed by atoms with Crippen LogP contribution in [0.3, 0.4) is 0 Å². The van der Waals surface area contributed by atoms with Gasteiger partial charge in [0.15, 0.2) is 4.34 Å². The van der Waals surface area contributed by atoms with Crippen LogP contribution < -0.4 is 15.4 Å². The number of carbonyl (C=O) groups is 2. The van der Waals surface area contributed by atoms with Gasteiger partial charge in [-0.05, 0) is 56.2 Å². The van der Waals surface area contributed by atoms with Gasteiger partial charge in [0.2, 0.25) is 11.0 Å². The number of unbranched alkanes of at least 4 members (excludes halogenated alkanes) is 1. The van der Waals surface area contributed by atoms with Crippen molar-refractivity contribution >= 4 is 45.7 Å². The first-order valence-corrected chi connectivity index (χ1v) is 12.1. The smallest absolute Gasteiger partial charge is 0.257 e. The molecule has 1 aromatic heterocycles. The summed E-state index contributed by atoms with van der Waals surface area (Å²) in [4.78, 5) is 24.7. The molecule has 3 aromatic rings. The van der Waals surface area contributed by atoms with E-state index in [1.54, 1.807) is 24.3 Å². The SMILES string of the molecule is CCCCOc1ccc(C(=O)Nc2nnc(SCC(=O)Nc3ccc(C)cc3C)s2)cc1. The lowest BCUT2D eigenvalue weighted by molar-refractivity contribution is -0.113. The van der Waals surface area contributed by atoms with Crippen molar-refractivity contribution in [1.29, 1.82) is 0 Å². The molecule has 9 heteroatoms. The van der Waals surface area contributed by atoms with E-state index in [2.05, 4.69) is 27.8 Å². The first kappa shape index (κ1) is 23.7. The molecule has 0 fully saturated rings. The second-order valence-electron chi connectivity index (χ2n) is 7.21. The topological polar surface area (TPSA) is 93.2 Å². The number of aryl methyl sites for hydroxylation is 2. The second-order valence-corrected chi connectivity index (χ2v) is 9.41. The number of nitrogens with zero attached hydrogens (tertiary/aromatic N) is 2. The van der Waals surface area contributed by atoms with Crippen LogP contribution in [0.5, 0.6) is 5.75 Å². The molecule has 0 saturated carbocycles. The Bertz CT molecular complexity index is 1070.